The lowest BCUT2D eigenvalue weighted by atomic mass is 9.78. The highest BCUT2D eigenvalue weighted by Gasteiger charge is 2.27. The van der Waals surface area contributed by atoms with Gasteiger partial charge in [0.1, 0.15) is 0 Å². The van der Waals surface area contributed by atoms with E-state index in [4.69, 9.17) is 14.7 Å². The van der Waals surface area contributed by atoms with E-state index in [1.165, 1.54) is 31.4 Å². The summed E-state index contributed by atoms with van der Waals surface area (Å²) in [7, 11) is 1.78. The van der Waals surface area contributed by atoms with Crippen LogP contribution < -0.4 is 5.32 Å². The van der Waals surface area contributed by atoms with Gasteiger partial charge < -0.3 is 15.0 Å². The van der Waals surface area contributed by atoms with Crippen LogP contribution in [-0.4, -0.2) is 72.8 Å². The van der Waals surface area contributed by atoms with Crippen molar-refractivity contribution in [1.29, 1.82) is 0 Å². The van der Waals surface area contributed by atoms with Crippen LogP contribution in [-0.2, 0) is 17.6 Å². The molecular formula is C33H36IN5O. The highest BCUT2D eigenvalue weighted by atomic mass is 127. The van der Waals surface area contributed by atoms with Gasteiger partial charge in [-0.05, 0) is 82.0 Å². The first-order valence-electron chi connectivity index (χ1n) is 14.2. The molecule has 0 amide bonds. The third kappa shape index (κ3) is 6.38. The van der Waals surface area contributed by atoms with Gasteiger partial charge in [-0.3, -0.25) is 4.90 Å². The Bertz CT molecular complexity index is 1420. The van der Waals surface area contributed by atoms with Crippen molar-refractivity contribution in [2.45, 2.75) is 18.8 Å². The van der Waals surface area contributed by atoms with Crippen LogP contribution >= 0.6 is 22.6 Å². The van der Waals surface area contributed by atoms with Crippen molar-refractivity contribution in [3.63, 3.8) is 0 Å². The second kappa shape index (κ2) is 12.8. The Hall–Kier alpha value is -2.85. The lowest BCUT2D eigenvalue weighted by Gasteiger charge is -2.34. The minimum absolute atomic E-state index is 0.315. The van der Waals surface area contributed by atoms with Crippen LogP contribution in [0.4, 0.5) is 11.6 Å². The first-order chi connectivity index (χ1) is 19.7. The van der Waals surface area contributed by atoms with Gasteiger partial charge in [-0.15, -0.1) is 0 Å². The van der Waals surface area contributed by atoms with Gasteiger partial charge in [-0.25, -0.2) is 9.97 Å². The summed E-state index contributed by atoms with van der Waals surface area (Å²) in [6.45, 7) is 7.47. The molecule has 0 radical (unpaired) electrons. The average Bonchev–Trinajstić information content (AvgIpc) is 3.00. The molecular weight excluding hydrogens is 609 g/mol. The van der Waals surface area contributed by atoms with Gasteiger partial charge in [0.05, 0.1) is 12.3 Å². The molecule has 1 unspecified atom stereocenters. The number of benzene rings is 3. The molecule has 1 fully saturated rings. The minimum atomic E-state index is 0.315. The monoisotopic (exact) mass is 645 g/mol. The van der Waals surface area contributed by atoms with Crippen LogP contribution in [0.3, 0.4) is 0 Å². The molecule has 1 aromatic heterocycles. The van der Waals surface area contributed by atoms with Crippen LogP contribution in [0.15, 0.2) is 79.0 Å². The van der Waals surface area contributed by atoms with Crippen molar-refractivity contribution in [3.05, 3.63) is 105 Å². The molecule has 206 valence electrons. The zero-order chi connectivity index (χ0) is 27.3. The predicted molar refractivity (Wildman–Crippen MR) is 170 cm³/mol. The highest BCUT2D eigenvalue weighted by Crippen LogP contribution is 2.42. The number of fused-ring (bicyclic) bond motifs is 3. The van der Waals surface area contributed by atoms with E-state index in [-0.39, 0.29) is 0 Å². The zero-order valence-electron chi connectivity index (χ0n) is 23.0. The number of hydrogen-bond acceptors (Lipinski definition) is 6. The molecule has 0 spiro atoms. The van der Waals surface area contributed by atoms with Crippen LogP contribution in [0, 0.1) is 3.57 Å². The molecule has 0 bridgehead atoms. The number of piperazine rings is 1. The molecule has 1 atom stereocenters. The Kier molecular flexibility index (Phi) is 8.72. The molecule has 1 aliphatic carbocycles. The van der Waals surface area contributed by atoms with Crippen LogP contribution in [0.2, 0.25) is 0 Å². The smallest absolute Gasteiger partial charge is 0.227 e. The number of anilines is 2. The molecule has 7 heteroatoms. The molecule has 1 N–H and O–H groups in total. The largest absolute Gasteiger partial charge is 0.383 e. The molecule has 6 rings (SSSR count). The molecule has 40 heavy (non-hydrogen) atoms. The molecule has 2 heterocycles. The summed E-state index contributed by atoms with van der Waals surface area (Å²) < 4.78 is 6.47. The fraction of sp³-hybridized carbons (Fsp3) is 0.333. The number of rotatable bonds is 9. The summed E-state index contributed by atoms with van der Waals surface area (Å²) >= 11 is 2.37. The van der Waals surface area contributed by atoms with Gasteiger partial charge in [0.15, 0.2) is 0 Å². The number of halogens is 1. The second-order valence-corrected chi connectivity index (χ2v) is 12.0. The topological polar surface area (TPSA) is 53.5 Å². The van der Waals surface area contributed by atoms with Crippen molar-refractivity contribution in [2.75, 3.05) is 58.3 Å². The third-order valence-electron chi connectivity index (χ3n) is 8.16. The highest BCUT2D eigenvalue weighted by molar-refractivity contribution is 14.1. The summed E-state index contributed by atoms with van der Waals surface area (Å²) in [5.74, 6) is 0.954. The second-order valence-electron chi connectivity index (χ2n) is 10.7. The summed E-state index contributed by atoms with van der Waals surface area (Å²) in [4.78, 5) is 14.8. The summed E-state index contributed by atoms with van der Waals surface area (Å²) in [6.07, 6.45) is 3.97. The van der Waals surface area contributed by atoms with Crippen molar-refractivity contribution >= 4 is 34.2 Å². The van der Waals surface area contributed by atoms with Gasteiger partial charge >= 0.3 is 0 Å². The Morgan fingerprint density at radius 1 is 0.900 bits per heavy atom. The van der Waals surface area contributed by atoms with E-state index in [0.717, 1.165) is 70.1 Å². The number of ether oxygens (including phenoxy) is 1. The SMILES string of the molecule is COCCN1CCN(CCc2ccc(Nc3ncc4c(n3)-c3ccccc3C(c3ccc(I)cc3)C4)cc2)CC1. The van der Waals surface area contributed by atoms with Crippen LogP contribution in [0.25, 0.3) is 11.3 Å². The Morgan fingerprint density at radius 2 is 1.62 bits per heavy atom. The standard InChI is InChI=1S/C33H36IN5O/c1-40-21-20-39-18-16-38(17-19-39)15-14-24-6-12-28(13-7-24)36-33-35-23-26-22-31(25-8-10-27(34)11-9-25)29-4-2-3-5-30(29)32(26)37-33/h2-13,23,31H,14-22H2,1H3,(H,35,36,37). The van der Waals surface area contributed by atoms with Crippen molar-refractivity contribution < 1.29 is 4.74 Å². The molecule has 1 aliphatic heterocycles. The Morgan fingerprint density at radius 3 is 2.38 bits per heavy atom. The lowest BCUT2D eigenvalue weighted by molar-refractivity contribution is 0.0976. The fourth-order valence-corrected chi connectivity index (χ4v) is 6.18. The van der Waals surface area contributed by atoms with E-state index in [2.05, 4.69) is 111 Å². The van der Waals surface area contributed by atoms with Gasteiger partial charge in [-0.2, -0.15) is 0 Å². The number of nitrogens with zero attached hydrogens (tertiary/aromatic N) is 4. The van der Waals surface area contributed by atoms with Gasteiger partial charge in [0, 0.05) is 73.3 Å². The molecule has 3 aromatic carbocycles. The molecule has 6 nitrogen and oxygen atoms in total. The molecule has 2 aliphatic rings. The first kappa shape index (κ1) is 27.3. The summed E-state index contributed by atoms with van der Waals surface area (Å²) in [6, 6.07) is 26.3. The van der Waals surface area contributed by atoms with E-state index < -0.39 is 0 Å². The average molecular weight is 646 g/mol. The number of methoxy groups -OCH3 is 1. The number of nitrogens with one attached hydrogen (secondary N) is 1. The van der Waals surface area contributed by atoms with Crippen LogP contribution in [0.5, 0.6) is 0 Å². The maximum atomic E-state index is 5.22. The minimum Gasteiger partial charge on any atom is -0.383 e. The number of aromatic nitrogens is 2. The van der Waals surface area contributed by atoms with Crippen molar-refractivity contribution in [2.24, 2.45) is 0 Å². The number of hydrogen-bond donors (Lipinski definition) is 1. The van der Waals surface area contributed by atoms with Gasteiger partial charge in [0.2, 0.25) is 5.95 Å². The summed E-state index contributed by atoms with van der Waals surface area (Å²) in [5.41, 5.74) is 8.47. The molecule has 4 aromatic rings. The maximum Gasteiger partial charge on any atom is 0.227 e. The lowest BCUT2D eigenvalue weighted by Crippen LogP contribution is -2.47. The fourth-order valence-electron chi connectivity index (χ4n) is 5.82. The Balaban J connectivity index is 1.09. The first-order valence-corrected chi connectivity index (χ1v) is 15.2. The van der Waals surface area contributed by atoms with E-state index in [9.17, 15) is 0 Å². The van der Waals surface area contributed by atoms with Crippen molar-refractivity contribution in [3.8, 4) is 11.3 Å². The summed E-state index contributed by atoms with van der Waals surface area (Å²) in [5, 5.41) is 3.44. The van der Waals surface area contributed by atoms with E-state index in [1.54, 1.807) is 7.11 Å². The van der Waals surface area contributed by atoms with Gasteiger partial charge in [0.25, 0.3) is 0 Å². The van der Waals surface area contributed by atoms with Crippen molar-refractivity contribution in [1.82, 2.24) is 19.8 Å². The molecule has 0 saturated carbocycles. The van der Waals surface area contributed by atoms with E-state index in [0.29, 0.717) is 11.9 Å². The van der Waals surface area contributed by atoms with Crippen LogP contribution in [0.1, 0.15) is 28.2 Å². The predicted octanol–water partition coefficient (Wildman–Crippen LogP) is 5.99. The maximum absolute atomic E-state index is 5.22. The normalized spacial score (nSPS) is 17.3. The van der Waals surface area contributed by atoms with Gasteiger partial charge in [-0.1, -0.05) is 48.5 Å². The molecule has 1 saturated heterocycles. The third-order valence-corrected chi connectivity index (χ3v) is 8.87. The quantitative estimate of drug-likeness (QED) is 0.226. The zero-order valence-corrected chi connectivity index (χ0v) is 25.2. The Labute approximate surface area is 250 Å². The van der Waals surface area contributed by atoms with E-state index >= 15 is 0 Å². The van der Waals surface area contributed by atoms with E-state index in [1.807, 2.05) is 6.20 Å².